The van der Waals surface area contributed by atoms with Gasteiger partial charge in [0.2, 0.25) is 0 Å². The maximum Gasteiger partial charge on any atom is 0.317 e. The molecule has 0 aromatic rings. The normalized spacial score (nSPS) is 25.8. The van der Waals surface area contributed by atoms with Gasteiger partial charge in [0.05, 0.1) is 6.10 Å². The lowest BCUT2D eigenvalue weighted by Gasteiger charge is -2.42. The summed E-state index contributed by atoms with van der Waals surface area (Å²) in [6, 6.07) is 0.0236. The van der Waals surface area contributed by atoms with Crippen molar-refractivity contribution in [3.63, 3.8) is 0 Å². The number of amides is 2. The molecule has 0 radical (unpaired) electrons. The zero-order valence-electron chi connectivity index (χ0n) is 14.5. The number of nitrogens with zero attached hydrogens (tertiary/aromatic N) is 2. The molecule has 5 heteroatoms. The summed E-state index contributed by atoms with van der Waals surface area (Å²) in [6.07, 6.45) is 5.52. The number of urea groups is 1. The largest absolute Gasteiger partial charge is 0.393 e. The first-order valence-corrected chi connectivity index (χ1v) is 8.86. The summed E-state index contributed by atoms with van der Waals surface area (Å²) in [5.41, 5.74) is 0.00946. The van der Waals surface area contributed by atoms with Gasteiger partial charge >= 0.3 is 6.03 Å². The van der Waals surface area contributed by atoms with E-state index in [-0.39, 0.29) is 23.6 Å². The predicted molar refractivity (Wildman–Crippen MR) is 88.9 cm³/mol. The first-order valence-electron chi connectivity index (χ1n) is 8.86. The van der Waals surface area contributed by atoms with E-state index < -0.39 is 0 Å². The number of carbonyl (C=O) groups is 1. The fourth-order valence-electron chi connectivity index (χ4n) is 3.60. The van der Waals surface area contributed by atoms with Gasteiger partial charge in [0, 0.05) is 31.1 Å². The summed E-state index contributed by atoms with van der Waals surface area (Å²) >= 11 is 0. The monoisotopic (exact) mass is 311 g/mol. The lowest BCUT2D eigenvalue weighted by molar-refractivity contribution is 0.0695. The summed E-state index contributed by atoms with van der Waals surface area (Å²) in [4.78, 5) is 16.8. The molecule has 2 heterocycles. The van der Waals surface area contributed by atoms with Crippen molar-refractivity contribution in [3.05, 3.63) is 0 Å². The minimum atomic E-state index is -0.333. The molecule has 0 spiro atoms. The van der Waals surface area contributed by atoms with Gasteiger partial charge in [-0.2, -0.15) is 0 Å². The van der Waals surface area contributed by atoms with Gasteiger partial charge in [-0.05, 0) is 59.5 Å². The molecular formula is C17H33N3O2. The highest BCUT2D eigenvalue weighted by Gasteiger charge is 2.30. The van der Waals surface area contributed by atoms with Gasteiger partial charge in [-0.15, -0.1) is 0 Å². The Balaban J connectivity index is 1.81. The van der Waals surface area contributed by atoms with Crippen LogP contribution in [0.5, 0.6) is 0 Å². The quantitative estimate of drug-likeness (QED) is 0.835. The lowest BCUT2D eigenvalue weighted by Crippen LogP contribution is -2.56. The fourth-order valence-corrected chi connectivity index (χ4v) is 3.60. The minimum Gasteiger partial charge on any atom is -0.393 e. The van der Waals surface area contributed by atoms with E-state index in [9.17, 15) is 9.90 Å². The summed E-state index contributed by atoms with van der Waals surface area (Å²) < 4.78 is 0. The van der Waals surface area contributed by atoms with Crippen LogP contribution in [0.2, 0.25) is 0 Å². The van der Waals surface area contributed by atoms with Crippen molar-refractivity contribution >= 4 is 6.03 Å². The topological polar surface area (TPSA) is 55.8 Å². The second-order valence-electron chi connectivity index (χ2n) is 7.61. The molecule has 22 heavy (non-hydrogen) atoms. The third-order valence-electron chi connectivity index (χ3n) is 5.31. The smallest absolute Gasteiger partial charge is 0.317 e. The number of hydrogen-bond donors (Lipinski definition) is 2. The molecule has 2 aliphatic rings. The second-order valence-corrected chi connectivity index (χ2v) is 7.61. The van der Waals surface area contributed by atoms with Gasteiger partial charge in [-0.1, -0.05) is 6.42 Å². The van der Waals surface area contributed by atoms with E-state index in [1.165, 1.54) is 19.3 Å². The van der Waals surface area contributed by atoms with Gasteiger partial charge < -0.3 is 15.3 Å². The molecular weight excluding hydrogens is 278 g/mol. The molecule has 0 saturated carbocycles. The highest BCUT2D eigenvalue weighted by Crippen LogP contribution is 2.21. The van der Waals surface area contributed by atoms with Crippen molar-refractivity contribution in [2.75, 3.05) is 32.7 Å². The van der Waals surface area contributed by atoms with Gasteiger partial charge in [0.15, 0.2) is 0 Å². The minimum absolute atomic E-state index is 0.00946. The van der Waals surface area contributed by atoms with Crippen LogP contribution in [0.4, 0.5) is 4.79 Å². The van der Waals surface area contributed by atoms with Crippen LogP contribution < -0.4 is 5.32 Å². The van der Waals surface area contributed by atoms with E-state index in [1.54, 1.807) is 0 Å². The van der Waals surface area contributed by atoms with Crippen LogP contribution in [0, 0.1) is 5.92 Å². The van der Waals surface area contributed by atoms with E-state index in [0.29, 0.717) is 13.1 Å². The Morgan fingerprint density at radius 2 is 1.91 bits per heavy atom. The molecule has 2 atom stereocenters. The third-order valence-corrected chi connectivity index (χ3v) is 5.31. The Labute approximate surface area is 135 Å². The maximum absolute atomic E-state index is 12.4. The van der Waals surface area contributed by atoms with Gasteiger partial charge in [0.1, 0.15) is 0 Å². The Bertz CT molecular complexity index is 365. The molecule has 2 saturated heterocycles. The van der Waals surface area contributed by atoms with Gasteiger partial charge in [0.25, 0.3) is 0 Å². The Morgan fingerprint density at radius 1 is 1.23 bits per heavy atom. The van der Waals surface area contributed by atoms with Crippen molar-refractivity contribution < 1.29 is 9.90 Å². The fraction of sp³-hybridized carbons (Fsp3) is 0.941. The van der Waals surface area contributed by atoms with E-state index in [2.05, 4.69) is 24.1 Å². The van der Waals surface area contributed by atoms with E-state index in [1.807, 2.05) is 11.8 Å². The molecule has 0 aromatic carbocycles. The molecule has 2 amide bonds. The predicted octanol–water partition coefficient (Wildman–Crippen LogP) is 2.05. The van der Waals surface area contributed by atoms with Crippen LogP contribution >= 0.6 is 0 Å². The summed E-state index contributed by atoms with van der Waals surface area (Å²) in [5.74, 6) is 0.217. The molecule has 2 unspecified atom stereocenters. The van der Waals surface area contributed by atoms with Crippen LogP contribution in [0.25, 0.3) is 0 Å². The van der Waals surface area contributed by atoms with E-state index in [4.69, 9.17) is 0 Å². The number of carbonyl (C=O) groups excluding carboxylic acids is 1. The van der Waals surface area contributed by atoms with E-state index in [0.717, 1.165) is 32.5 Å². The van der Waals surface area contributed by atoms with Crippen molar-refractivity contribution in [3.8, 4) is 0 Å². The molecule has 0 aliphatic carbocycles. The van der Waals surface area contributed by atoms with Gasteiger partial charge in [-0.3, -0.25) is 4.90 Å². The highest BCUT2D eigenvalue weighted by atomic mass is 16.3. The zero-order chi connectivity index (χ0) is 16.2. The molecule has 5 nitrogen and oxygen atoms in total. The van der Waals surface area contributed by atoms with Crippen LogP contribution in [0.1, 0.15) is 52.9 Å². The Hall–Kier alpha value is -0.810. The SMILES string of the molecule is CC(O)C1CCCN(C(=O)NCC(C)(C)N2CCCCC2)C1. The molecule has 0 aromatic heterocycles. The average Bonchev–Trinajstić information content (AvgIpc) is 2.53. The Kier molecular flexibility index (Phi) is 6.09. The maximum atomic E-state index is 12.4. The van der Waals surface area contributed by atoms with Crippen molar-refractivity contribution in [1.82, 2.24) is 15.1 Å². The second kappa shape index (κ2) is 7.64. The molecule has 2 rings (SSSR count). The van der Waals surface area contributed by atoms with Crippen LogP contribution in [-0.4, -0.2) is 65.3 Å². The van der Waals surface area contributed by atoms with E-state index >= 15 is 0 Å². The molecule has 0 bridgehead atoms. The molecule has 2 aliphatic heterocycles. The van der Waals surface area contributed by atoms with Crippen molar-refractivity contribution in [2.45, 2.75) is 64.5 Å². The standard InChI is InChI=1S/C17H33N3O2/c1-14(21)15-8-7-9-19(12-15)16(22)18-13-17(2,3)20-10-5-4-6-11-20/h14-15,21H,4-13H2,1-3H3,(H,18,22). The van der Waals surface area contributed by atoms with Crippen molar-refractivity contribution in [1.29, 1.82) is 0 Å². The number of aliphatic hydroxyl groups is 1. The number of hydrogen-bond acceptors (Lipinski definition) is 3. The zero-order valence-corrected chi connectivity index (χ0v) is 14.5. The first-order chi connectivity index (χ1) is 10.4. The summed E-state index contributed by atoms with van der Waals surface area (Å²) in [6.45, 7) is 10.7. The number of rotatable bonds is 4. The number of piperidine rings is 2. The molecule has 2 fully saturated rings. The van der Waals surface area contributed by atoms with Crippen LogP contribution in [0.3, 0.4) is 0 Å². The van der Waals surface area contributed by atoms with Crippen LogP contribution in [0.15, 0.2) is 0 Å². The lowest BCUT2D eigenvalue weighted by atomic mass is 9.93. The molecule has 2 N–H and O–H groups in total. The summed E-state index contributed by atoms with van der Waals surface area (Å²) in [7, 11) is 0. The Morgan fingerprint density at radius 3 is 2.55 bits per heavy atom. The first kappa shape index (κ1) is 17.5. The van der Waals surface area contributed by atoms with Crippen LogP contribution in [-0.2, 0) is 0 Å². The number of nitrogens with one attached hydrogen (secondary N) is 1. The van der Waals surface area contributed by atoms with Crippen molar-refractivity contribution in [2.24, 2.45) is 5.92 Å². The summed E-state index contributed by atoms with van der Waals surface area (Å²) in [5, 5.41) is 12.9. The molecule has 128 valence electrons. The number of aliphatic hydroxyl groups excluding tert-OH is 1. The average molecular weight is 311 g/mol. The number of likely N-dealkylation sites (tertiary alicyclic amines) is 2. The highest BCUT2D eigenvalue weighted by molar-refractivity contribution is 5.74. The third kappa shape index (κ3) is 4.59. The van der Waals surface area contributed by atoms with Gasteiger partial charge in [-0.25, -0.2) is 4.79 Å².